The average Bonchev–Trinajstić information content (AvgIpc) is 3.29. The van der Waals surface area contributed by atoms with Crippen molar-refractivity contribution in [1.29, 1.82) is 0 Å². The van der Waals surface area contributed by atoms with E-state index in [1.807, 2.05) is 6.92 Å². The van der Waals surface area contributed by atoms with Crippen LogP contribution in [0.5, 0.6) is 0 Å². The second-order valence-electron chi connectivity index (χ2n) is 8.01. The monoisotopic (exact) mass is 314 g/mol. The summed E-state index contributed by atoms with van der Waals surface area (Å²) in [4.78, 5) is 18.2. The molecule has 23 heavy (non-hydrogen) atoms. The molecule has 1 aromatic heterocycles. The zero-order valence-corrected chi connectivity index (χ0v) is 14.0. The van der Waals surface area contributed by atoms with Crippen LogP contribution in [0.25, 0.3) is 0 Å². The Morgan fingerprint density at radius 3 is 2.78 bits per heavy atom. The van der Waals surface area contributed by atoms with Gasteiger partial charge in [-0.1, -0.05) is 12.8 Å². The van der Waals surface area contributed by atoms with Crippen LogP contribution in [0, 0.1) is 12.8 Å². The van der Waals surface area contributed by atoms with Crippen LogP contribution >= 0.6 is 0 Å². The summed E-state index contributed by atoms with van der Waals surface area (Å²) in [5, 5.41) is 0. The van der Waals surface area contributed by atoms with E-state index in [4.69, 9.17) is 4.42 Å². The molecule has 4 heterocycles. The van der Waals surface area contributed by atoms with E-state index < -0.39 is 0 Å². The van der Waals surface area contributed by atoms with Crippen LogP contribution in [-0.2, 0) is 4.79 Å². The third kappa shape index (κ3) is 1.79. The zero-order chi connectivity index (χ0) is 15.6. The number of amides is 1. The number of rotatable bonds is 2. The summed E-state index contributed by atoms with van der Waals surface area (Å²) < 4.78 is 5.93. The molecule has 4 nitrogen and oxygen atoms in total. The minimum atomic E-state index is -0.200. The SMILES string of the molecule is Cc1ccc([C@@H]2C[C@H]3CN(C4CCCC4)C(=O)[C@]34CCCN24)o1. The van der Waals surface area contributed by atoms with E-state index in [0.717, 1.165) is 43.9 Å². The van der Waals surface area contributed by atoms with Gasteiger partial charge in [-0.3, -0.25) is 9.69 Å². The van der Waals surface area contributed by atoms with Crippen LogP contribution in [0.4, 0.5) is 0 Å². The van der Waals surface area contributed by atoms with Gasteiger partial charge in [0, 0.05) is 25.0 Å². The van der Waals surface area contributed by atoms with Crippen LogP contribution < -0.4 is 0 Å². The van der Waals surface area contributed by atoms with Gasteiger partial charge in [0.15, 0.2) is 0 Å². The highest BCUT2D eigenvalue weighted by Gasteiger charge is 2.66. The van der Waals surface area contributed by atoms with E-state index >= 15 is 0 Å². The van der Waals surface area contributed by atoms with Crippen LogP contribution in [0.15, 0.2) is 16.5 Å². The molecule has 3 aliphatic heterocycles. The van der Waals surface area contributed by atoms with Crippen LogP contribution in [0.1, 0.15) is 62.5 Å². The molecule has 0 N–H and O–H groups in total. The first-order valence-corrected chi connectivity index (χ1v) is 9.34. The Morgan fingerprint density at radius 2 is 2.04 bits per heavy atom. The second-order valence-corrected chi connectivity index (χ2v) is 8.01. The van der Waals surface area contributed by atoms with Crippen molar-refractivity contribution in [2.45, 2.75) is 69.5 Å². The molecule has 5 rings (SSSR count). The zero-order valence-electron chi connectivity index (χ0n) is 14.0. The molecule has 4 fully saturated rings. The van der Waals surface area contributed by atoms with Gasteiger partial charge >= 0.3 is 0 Å². The fourth-order valence-corrected chi connectivity index (χ4v) is 5.96. The lowest BCUT2D eigenvalue weighted by atomic mass is 9.85. The molecule has 1 aromatic rings. The molecule has 124 valence electrons. The third-order valence-electron chi connectivity index (χ3n) is 6.93. The Morgan fingerprint density at radius 1 is 1.22 bits per heavy atom. The van der Waals surface area contributed by atoms with Gasteiger partial charge < -0.3 is 9.32 Å². The molecule has 0 radical (unpaired) electrons. The fraction of sp³-hybridized carbons (Fsp3) is 0.737. The smallest absolute Gasteiger partial charge is 0.243 e. The molecule has 4 heteroatoms. The molecule has 3 atom stereocenters. The van der Waals surface area contributed by atoms with E-state index in [1.165, 1.54) is 25.7 Å². The van der Waals surface area contributed by atoms with E-state index in [2.05, 4.69) is 21.9 Å². The lowest BCUT2D eigenvalue weighted by Gasteiger charge is -2.34. The maximum absolute atomic E-state index is 13.4. The van der Waals surface area contributed by atoms with Gasteiger partial charge in [-0.25, -0.2) is 0 Å². The molecule has 4 aliphatic rings. The van der Waals surface area contributed by atoms with Crippen molar-refractivity contribution in [3.63, 3.8) is 0 Å². The minimum absolute atomic E-state index is 0.200. The molecule has 1 spiro atoms. The first-order valence-electron chi connectivity index (χ1n) is 9.34. The Kier molecular flexibility index (Phi) is 2.97. The Labute approximate surface area is 137 Å². The highest BCUT2D eigenvalue weighted by molar-refractivity contribution is 5.90. The number of hydrogen-bond donors (Lipinski definition) is 0. The second kappa shape index (κ2) is 4.85. The van der Waals surface area contributed by atoms with Gasteiger partial charge in [-0.15, -0.1) is 0 Å². The first kappa shape index (κ1) is 14.1. The largest absolute Gasteiger partial charge is 0.465 e. The summed E-state index contributed by atoms with van der Waals surface area (Å²) in [7, 11) is 0. The topological polar surface area (TPSA) is 36.7 Å². The van der Waals surface area contributed by atoms with E-state index in [-0.39, 0.29) is 5.54 Å². The van der Waals surface area contributed by atoms with E-state index in [0.29, 0.717) is 23.9 Å². The van der Waals surface area contributed by atoms with E-state index in [1.54, 1.807) is 0 Å². The van der Waals surface area contributed by atoms with Crippen LogP contribution in [0.3, 0.4) is 0 Å². The lowest BCUT2D eigenvalue weighted by molar-refractivity contribution is -0.138. The fourth-order valence-electron chi connectivity index (χ4n) is 5.96. The van der Waals surface area contributed by atoms with Gasteiger partial charge in [0.2, 0.25) is 5.91 Å². The normalized spacial score (nSPS) is 37.8. The van der Waals surface area contributed by atoms with Crippen molar-refractivity contribution in [3.8, 4) is 0 Å². The summed E-state index contributed by atoms with van der Waals surface area (Å²) in [6.07, 6.45) is 8.31. The molecule has 0 bridgehead atoms. The number of aryl methyl sites for hydroxylation is 1. The van der Waals surface area contributed by atoms with Gasteiger partial charge in [0.25, 0.3) is 0 Å². The number of furan rings is 1. The van der Waals surface area contributed by atoms with E-state index in [9.17, 15) is 4.79 Å². The molecule has 1 aliphatic carbocycles. The Bertz CT molecular complexity index is 633. The maximum Gasteiger partial charge on any atom is 0.243 e. The predicted molar refractivity (Wildman–Crippen MR) is 86.9 cm³/mol. The molecular formula is C19H26N2O2. The molecule has 0 unspecified atom stereocenters. The number of carbonyl (C=O) groups is 1. The minimum Gasteiger partial charge on any atom is -0.465 e. The number of carbonyl (C=O) groups excluding carboxylic acids is 1. The molecule has 0 aromatic carbocycles. The lowest BCUT2D eigenvalue weighted by Crippen LogP contribution is -2.51. The summed E-state index contributed by atoms with van der Waals surface area (Å²) in [6, 6.07) is 5.01. The Hall–Kier alpha value is -1.29. The van der Waals surface area contributed by atoms with Crippen molar-refractivity contribution < 1.29 is 9.21 Å². The summed E-state index contributed by atoms with van der Waals surface area (Å²) in [5.41, 5.74) is -0.200. The van der Waals surface area contributed by atoms with Crippen molar-refractivity contribution in [3.05, 3.63) is 23.7 Å². The standard InChI is InChI=1S/C19H26N2O2/c1-13-7-8-17(23-13)16-11-14-12-20(15-5-2-3-6-15)18(22)19(14)9-4-10-21(16)19/h7-8,14-16H,2-6,9-12H2,1H3/t14-,16-,19-/m0/s1. The summed E-state index contributed by atoms with van der Waals surface area (Å²) in [5.74, 6) is 2.98. The predicted octanol–water partition coefficient (Wildman–Crippen LogP) is 3.27. The Balaban J connectivity index is 1.47. The van der Waals surface area contributed by atoms with Crippen LogP contribution in [-0.4, -0.2) is 40.4 Å². The third-order valence-corrected chi connectivity index (χ3v) is 6.93. The van der Waals surface area contributed by atoms with Gasteiger partial charge in [-0.05, 0) is 51.2 Å². The highest BCUT2D eigenvalue weighted by atomic mass is 16.3. The number of likely N-dealkylation sites (tertiary alicyclic amines) is 1. The maximum atomic E-state index is 13.4. The van der Waals surface area contributed by atoms with Crippen molar-refractivity contribution >= 4 is 5.91 Å². The molecule has 1 amide bonds. The van der Waals surface area contributed by atoms with Crippen molar-refractivity contribution in [1.82, 2.24) is 9.80 Å². The quantitative estimate of drug-likeness (QED) is 0.840. The van der Waals surface area contributed by atoms with Gasteiger partial charge in [0.05, 0.1) is 6.04 Å². The summed E-state index contributed by atoms with van der Waals surface area (Å²) in [6.45, 7) is 4.04. The molecule has 3 saturated heterocycles. The molecule has 1 saturated carbocycles. The molecular weight excluding hydrogens is 288 g/mol. The number of nitrogens with zero attached hydrogens (tertiary/aromatic N) is 2. The van der Waals surface area contributed by atoms with Crippen molar-refractivity contribution in [2.24, 2.45) is 5.92 Å². The van der Waals surface area contributed by atoms with Crippen LogP contribution in [0.2, 0.25) is 0 Å². The highest BCUT2D eigenvalue weighted by Crippen LogP contribution is 2.56. The first-order chi connectivity index (χ1) is 11.2. The summed E-state index contributed by atoms with van der Waals surface area (Å²) >= 11 is 0. The number of hydrogen-bond acceptors (Lipinski definition) is 3. The van der Waals surface area contributed by atoms with Crippen molar-refractivity contribution in [2.75, 3.05) is 13.1 Å². The average molecular weight is 314 g/mol. The van der Waals surface area contributed by atoms with Gasteiger partial charge in [-0.2, -0.15) is 0 Å². The van der Waals surface area contributed by atoms with Gasteiger partial charge in [0.1, 0.15) is 17.1 Å².